The SMILES string of the molecule is COc1cccc(CNCc2cnoc2)c1. The fraction of sp³-hybridized carbons (Fsp3) is 0.250. The maximum atomic E-state index is 5.15. The number of ether oxygens (including phenoxy) is 1. The minimum Gasteiger partial charge on any atom is -0.497 e. The lowest BCUT2D eigenvalue weighted by Gasteiger charge is -2.05. The summed E-state index contributed by atoms with van der Waals surface area (Å²) in [6.45, 7) is 1.54. The van der Waals surface area contributed by atoms with Gasteiger partial charge in [0.05, 0.1) is 13.3 Å². The first-order valence-electron chi connectivity index (χ1n) is 5.10. The molecule has 4 heteroatoms. The zero-order valence-electron chi connectivity index (χ0n) is 9.14. The van der Waals surface area contributed by atoms with Gasteiger partial charge in [-0.3, -0.25) is 0 Å². The number of nitrogens with one attached hydrogen (secondary N) is 1. The molecule has 0 saturated carbocycles. The molecule has 1 aromatic carbocycles. The molecule has 0 bridgehead atoms. The average Bonchev–Trinajstić information content (AvgIpc) is 2.82. The number of nitrogens with zero attached hydrogens (tertiary/aromatic N) is 1. The highest BCUT2D eigenvalue weighted by Gasteiger charge is 1.97. The van der Waals surface area contributed by atoms with Gasteiger partial charge < -0.3 is 14.6 Å². The van der Waals surface area contributed by atoms with E-state index in [1.807, 2.05) is 18.2 Å². The Labute approximate surface area is 94.2 Å². The van der Waals surface area contributed by atoms with Crippen molar-refractivity contribution in [3.8, 4) is 5.75 Å². The van der Waals surface area contributed by atoms with Crippen LogP contribution in [0, 0.1) is 0 Å². The molecule has 2 rings (SSSR count). The predicted octanol–water partition coefficient (Wildman–Crippen LogP) is 1.97. The van der Waals surface area contributed by atoms with Crippen LogP contribution in [0.4, 0.5) is 0 Å². The van der Waals surface area contributed by atoms with Crippen LogP contribution in [-0.2, 0) is 13.1 Å². The Balaban J connectivity index is 1.85. The Morgan fingerprint density at radius 3 is 2.94 bits per heavy atom. The molecule has 0 atom stereocenters. The van der Waals surface area contributed by atoms with Crippen LogP contribution < -0.4 is 10.1 Å². The molecule has 0 aliphatic rings. The second kappa shape index (κ2) is 5.32. The van der Waals surface area contributed by atoms with Crippen LogP contribution in [-0.4, -0.2) is 12.3 Å². The van der Waals surface area contributed by atoms with Gasteiger partial charge in [0.15, 0.2) is 0 Å². The molecule has 0 saturated heterocycles. The highest BCUT2D eigenvalue weighted by molar-refractivity contribution is 5.28. The Morgan fingerprint density at radius 1 is 1.31 bits per heavy atom. The van der Waals surface area contributed by atoms with E-state index in [2.05, 4.69) is 16.5 Å². The first-order chi connectivity index (χ1) is 7.88. The highest BCUT2D eigenvalue weighted by atomic mass is 16.5. The molecule has 2 aromatic rings. The van der Waals surface area contributed by atoms with Gasteiger partial charge in [0.1, 0.15) is 12.0 Å². The second-order valence-corrected chi connectivity index (χ2v) is 3.49. The van der Waals surface area contributed by atoms with Crippen LogP contribution in [0.1, 0.15) is 11.1 Å². The summed E-state index contributed by atoms with van der Waals surface area (Å²) in [7, 11) is 1.67. The van der Waals surface area contributed by atoms with Crippen molar-refractivity contribution in [2.75, 3.05) is 7.11 Å². The molecule has 0 fully saturated rings. The summed E-state index contributed by atoms with van der Waals surface area (Å²) in [6, 6.07) is 7.99. The van der Waals surface area contributed by atoms with Gasteiger partial charge >= 0.3 is 0 Å². The van der Waals surface area contributed by atoms with Gasteiger partial charge in [-0.2, -0.15) is 0 Å². The van der Waals surface area contributed by atoms with E-state index in [-0.39, 0.29) is 0 Å². The summed E-state index contributed by atoms with van der Waals surface area (Å²) >= 11 is 0. The van der Waals surface area contributed by atoms with Gasteiger partial charge in [-0.05, 0) is 17.7 Å². The predicted molar refractivity (Wildman–Crippen MR) is 60.0 cm³/mol. The molecule has 0 spiro atoms. The van der Waals surface area contributed by atoms with E-state index in [1.54, 1.807) is 19.6 Å². The Morgan fingerprint density at radius 2 is 2.19 bits per heavy atom. The van der Waals surface area contributed by atoms with Crippen LogP contribution in [0.5, 0.6) is 5.75 Å². The first-order valence-corrected chi connectivity index (χ1v) is 5.10. The third-order valence-electron chi connectivity index (χ3n) is 2.28. The lowest BCUT2D eigenvalue weighted by atomic mass is 10.2. The molecule has 16 heavy (non-hydrogen) atoms. The van der Waals surface area contributed by atoms with Crippen molar-refractivity contribution in [2.24, 2.45) is 0 Å². The molecule has 84 valence electrons. The number of hydrogen-bond acceptors (Lipinski definition) is 4. The fourth-order valence-corrected chi connectivity index (χ4v) is 1.45. The summed E-state index contributed by atoms with van der Waals surface area (Å²) in [5, 5.41) is 6.94. The highest BCUT2D eigenvalue weighted by Crippen LogP contribution is 2.12. The molecular formula is C12H14N2O2. The van der Waals surface area contributed by atoms with Crippen LogP contribution in [0.15, 0.2) is 41.2 Å². The maximum Gasteiger partial charge on any atom is 0.128 e. The Bertz CT molecular complexity index is 426. The third kappa shape index (κ3) is 2.84. The number of methoxy groups -OCH3 is 1. The summed E-state index contributed by atoms with van der Waals surface area (Å²) in [5.41, 5.74) is 2.23. The Hall–Kier alpha value is -1.81. The normalized spacial score (nSPS) is 10.3. The van der Waals surface area contributed by atoms with E-state index in [4.69, 9.17) is 9.26 Å². The number of aromatic nitrogens is 1. The van der Waals surface area contributed by atoms with Gasteiger partial charge in [-0.25, -0.2) is 0 Å². The largest absolute Gasteiger partial charge is 0.497 e. The molecule has 0 aliphatic heterocycles. The molecule has 1 N–H and O–H groups in total. The lowest BCUT2D eigenvalue weighted by molar-refractivity contribution is 0.414. The average molecular weight is 218 g/mol. The standard InChI is InChI=1S/C12H14N2O2/c1-15-12-4-2-3-10(5-12)6-13-7-11-8-14-16-9-11/h2-5,8-9,13H,6-7H2,1H3. The summed E-state index contributed by atoms with van der Waals surface area (Å²) in [5.74, 6) is 0.879. The van der Waals surface area contributed by atoms with Crippen LogP contribution in [0.25, 0.3) is 0 Å². The minimum absolute atomic E-state index is 0.751. The van der Waals surface area contributed by atoms with E-state index in [9.17, 15) is 0 Å². The van der Waals surface area contributed by atoms with Crippen LogP contribution >= 0.6 is 0 Å². The van der Waals surface area contributed by atoms with E-state index >= 15 is 0 Å². The van der Waals surface area contributed by atoms with Crippen molar-refractivity contribution in [1.29, 1.82) is 0 Å². The van der Waals surface area contributed by atoms with Gasteiger partial charge in [0, 0.05) is 18.7 Å². The van der Waals surface area contributed by atoms with E-state index in [0.717, 1.165) is 24.4 Å². The zero-order chi connectivity index (χ0) is 11.2. The lowest BCUT2D eigenvalue weighted by Crippen LogP contribution is -2.12. The van der Waals surface area contributed by atoms with Crippen LogP contribution in [0.2, 0.25) is 0 Å². The first kappa shape index (κ1) is 10.7. The van der Waals surface area contributed by atoms with Crippen molar-refractivity contribution in [3.63, 3.8) is 0 Å². The zero-order valence-corrected chi connectivity index (χ0v) is 9.14. The number of rotatable bonds is 5. The van der Waals surface area contributed by atoms with E-state index < -0.39 is 0 Å². The van der Waals surface area contributed by atoms with Crippen molar-refractivity contribution in [3.05, 3.63) is 47.9 Å². The van der Waals surface area contributed by atoms with E-state index in [1.165, 1.54) is 5.56 Å². The number of hydrogen-bond donors (Lipinski definition) is 1. The van der Waals surface area contributed by atoms with Crippen molar-refractivity contribution >= 4 is 0 Å². The van der Waals surface area contributed by atoms with Gasteiger partial charge in [-0.1, -0.05) is 17.3 Å². The molecule has 0 aliphatic carbocycles. The van der Waals surface area contributed by atoms with Gasteiger partial charge in [0.2, 0.25) is 0 Å². The van der Waals surface area contributed by atoms with Gasteiger partial charge in [0.25, 0.3) is 0 Å². The molecular weight excluding hydrogens is 204 g/mol. The van der Waals surface area contributed by atoms with Crippen molar-refractivity contribution in [1.82, 2.24) is 10.5 Å². The summed E-state index contributed by atoms with van der Waals surface area (Å²) < 4.78 is 9.90. The minimum atomic E-state index is 0.751. The quantitative estimate of drug-likeness (QED) is 0.833. The molecule has 0 radical (unpaired) electrons. The maximum absolute atomic E-state index is 5.15. The van der Waals surface area contributed by atoms with E-state index in [0.29, 0.717) is 0 Å². The van der Waals surface area contributed by atoms with Crippen molar-refractivity contribution in [2.45, 2.75) is 13.1 Å². The number of benzene rings is 1. The monoisotopic (exact) mass is 218 g/mol. The topological polar surface area (TPSA) is 47.3 Å². The van der Waals surface area contributed by atoms with Crippen LogP contribution in [0.3, 0.4) is 0 Å². The summed E-state index contributed by atoms with van der Waals surface area (Å²) in [4.78, 5) is 0. The second-order valence-electron chi connectivity index (χ2n) is 3.49. The molecule has 1 aromatic heterocycles. The van der Waals surface area contributed by atoms with Crippen molar-refractivity contribution < 1.29 is 9.26 Å². The molecule has 0 amide bonds. The van der Waals surface area contributed by atoms with Gasteiger partial charge in [-0.15, -0.1) is 0 Å². The molecule has 4 nitrogen and oxygen atoms in total. The smallest absolute Gasteiger partial charge is 0.128 e. The third-order valence-corrected chi connectivity index (χ3v) is 2.28. The Kier molecular flexibility index (Phi) is 3.56. The fourth-order valence-electron chi connectivity index (χ4n) is 1.45. The molecule has 1 heterocycles. The molecule has 0 unspecified atom stereocenters. The summed E-state index contributed by atoms with van der Waals surface area (Å²) in [6.07, 6.45) is 3.34.